The summed E-state index contributed by atoms with van der Waals surface area (Å²) in [5, 5.41) is 8.76. The van der Waals surface area contributed by atoms with Crippen LogP contribution in [0.3, 0.4) is 0 Å². The molecule has 18 heavy (non-hydrogen) atoms. The Hall–Kier alpha value is -2.08. The topological polar surface area (TPSA) is 82.1 Å². The summed E-state index contributed by atoms with van der Waals surface area (Å²) in [6.45, 7) is 0.106. The largest absolute Gasteiger partial charge is 0.493 e. The molecule has 0 heterocycles. The third-order valence-corrected chi connectivity index (χ3v) is 2.35. The Bertz CT molecular complexity index is 466. The van der Waals surface area contributed by atoms with Crippen LogP contribution in [0.2, 0.25) is 0 Å². The van der Waals surface area contributed by atoms with Crippen LogP contribution in [-0.2, 0) is 16.1 Å². The van der Waals surface area contributed by atoms with Gasteiger partial charge in [-0.15, -0.1) is 0 Å². The normalized spacial score (nSPS) is 9.94. The summed E-state index contributed by atoms with van der Waals surface area (Å²) in [5.74, 6) is -1.84. The molecule has 0 bridgehead atoms. The molecule has 0 saturated carbocycles. The molecule has 0 aliphatic carbocycles. The van der Waals surface area contributed by atoms with Crippen LogP contribution in [0.25, 0.3) is 0 Å². The van der Waals surface area contributed by atoms with Gasteiger partial charge in [-0.2, -0.15) is 0 Å². The molecular formula is C12H14O6. The van der Waals surface area contributed by atoms with Crippen LogP contribution >= 0.6 is 0 Å². The van der Waals surface area contributed by atoms with Crippen LogP contribution in [0.4, 0.5) is 0 Å². The lowest BCUT2D eigenvalue weighted by Crippen LogP contribution is -2.15. The molecule has 0 unspecified atom stereocenters. The van der Waals surface area contributed by atoms with E-state index < -0.39 is 11.8 Å². The van der Waals surface area contributed by atoms with Crippen LogP contribution in [0.1, 0.15) is 15.9 Å². The highest BCUT2D eigenvalue weighted by molar-refractivity contribution is 6.40. The lowest BCUT2D eigenvalue weighted by Gasteiger charge is -2.12. The molecule has 98 valence electrons. The van der Waals surface area contributed by atoms with Crippen molar-refractivity contribution >= 4 is 11.8 Å². The SMILES string of the molecule is COCc1cc(OC)c(OC)cc1C(=O)C(=O)O. The van der Waals surface area contributed by atoms with Crippen LogP contribution in [0.5, 0.6) is 11.5 Å². The van der Waals surface area contributed by atoms with E-state index >= 15 is 0 Å². The van der Waals surface area contributed by atoms with Gasteiger partial charge in [0, 0.05) is 12.7 Å². The number of hydrogen-bond donors (Lipinski definition) is 1. The van der Waals surface area contributed by atoms with Crippen LogP contribution in [0.15, 0.2) is 12.1 Å². The van der Waals surface area contributed by atoms with E-state index in [1.54, 1.807) is 0 Å². The molecule has 0 radical (unpaired) electrons. The number of methoxy groups -OCH3 is 3. The Morgan fingerprint density at radius 1 is 1.11 bits per heavy atom. The summed E-state index contributed by atoms with van der Waals surface area (Å²) in [4.78, 5) is 22.3. The Morgan fingerprint density at radius 2 is 1.67 bits per heavy atom. The van der Waals surface area contributed by atoms with Crippen molar-refractivity contribution in [2.45, 2.75) is 6.61 Å². The Labute approximate surface area is 104 Å². The third-order valence-electron chi connectivity index (χ3n) is 2.35. The van der Waals surface area contributed by atoms with E-state index in [9.17, 15) is 9.59 Å². The number of ether oxygens (including phenoxy) is 3. The van der Waals surface area contributed by atoms with Crippen molar-refractivity contribution in [1.82, 2.24) is 0 Å². The van der Waals surface area contributed by atoms with Crippen molar-refractivity contribution < 1.29 is 28.9 Å². The number of aliphatic carboxylic acids is 1. The molecule has 1 rings (SSSR count). The molecule has 0 fully saturated rings. The second kappa shape index (κ2) is 6.02. The van der Waals surface area contributed by atoms with Crippen LogP contribution in [0, 0.1) is 0 Å². The van der Waals surface area contributed by atoms with Crippen molar-refractivity contribution in [2.75, 3.05) is 21.3 Å². The predicted octanol–water partition coefficient (Wildman–Crippen LogP) is 1.12. The Balaban J connectivity index is 3.37. The van der Waals surface area contributed by atoms with Gasteiger partial charge in [-0.1, -0.05) is 0 Å². The number of hydrogen-bond acceptors (Lipinski definition) is 5. The molecule has 0 aliphatic rings. The third kappa shape index (κ3) is 2.78. The predicted molar refractivity (Wildman–Crippen MR) is 62.2 cm³/mol. The standard InChI is InChI=1S/C12H14O6/c1-16-6-7-4-9(17-2)10(18-3)5-8(7)11(13)12(14)15/h4-5H,6H2,1-3H3,(H,14,15). The summed E-state index contributed by atoms with van der Waals surface area (Å²) in [6, 6.07) is 2.86. The van der Waals surface area contributed by atoms with Gasteiger partial charge in [-0.3, -0.25) is 4.79 Å². The van der Waals surface area contributed by atoms with Gasteiger partial charge in [0.2, 0.25) is 0 Å². The van der Waals surface area contributed by atoms with Crippen molar-refractivity contribution in [2.24, 2.45) is 0 Å². The molecule has 6 nitrogen and oxygen atoms in total. The van der Waals surface area contributed by atoms with Gasteiger partial charge in [0.25, 0.3) is 5.78 Å². The average molecular weight is 254 g/mol. The quantitative estimate of drug-likeness (QED) is 0.605. The van der Waals surface area contributed by atoms with E-state index in [4.69, 9.17) is 19.3 Å². The summed E-state index contributed by atoms with van der Waals surface area (Å²) in [5.41, 5.74) is 0.463. The van der Waals surface area contributed by atoms with Gasteiger partial charge in [0.05, 0.1) is 20.8 Å². The summed E-state index contributed by atoms with van der Waals surface area (Å²) in [6.07, 6.45) is 0. The molecule has 0 amide bonds. The number of carboxylic acid groups (broad SMARTS) is 1. The molecule has 0 aliphatic heterocycles. The highest BCUT2D eigenvalue weighted by Gasteiger charge is 2.21. The first kappa shape index (κ1) is 14.0. The van der Waals surface area contributed by atoms with Gasteiger partial charge in [-0.05, 0) is 17.7 Å². The molecule has 0 saturated heterocycles. The average Bonchev–Trinajstić information content (AvgIpc) is 2.37. The minimum Gasteiger partial charge on any atom is -0.493 e. The first-order valence-corrected chi connectivity index (χ1v) is 5.06. The van der Waals surface area contributed by atoms with Gasteiger partial charge < -0.3 is 19.3 Å². The first-order valence-electron chi connectivity index (χ1n) is 5.06. The molecule has 6 heteroatoms. The summed E-state index contributed by atoms with van der Waals surface area (Å²) >= 11 is 0. The van der Waals surface area contributed by atoms with Gasteiger partial charge in [-0.25, -0.2) is 4.79 Å². The van der Waals surface area contributed by atoms with E-state index in [0.29, 0.717) is 17.1 Å². The van der Waals surface area contributed by atoms with E-state index in [0.717, 1.165) is 0 Å². The fourth-order valence-corrected chi connectivity index (χ4v) is 1.52. The smallest absolute Gasteiger partial charge is 0.377 e. The zero-order valence-electron chi connectivity index (χ0n) is 10.4. The summed E-state index contributed by atoms with van der Waals surface area (Å²) < 4.78 is 15.0. The lowest BCUT2D eigenvalue weighted by molar-refractivity contribution is -0.131. The van der Waals surface area contributed by atoms with Gasteiger partial charge in [0.1, 0.15) is 0 Å². The first-order chi connectivity index (χ1) is 8.54. The van der Waals surface area contributed by atoms with Crippen molar-refractivity contribution in [3.63, 3.8) is 0 Å². The second-order valence-corrected chi connectivity index (χ2v) is 3.43. The number of rotatable bonds is 6. The monoisotopic (exact) mass is 254 g/mol. The zero-order valence-corrected chi connectivity index (χ0v) is 10.4. The second-order valence-electron chi connectivity index (χ2n) is 3.43. The Kier molecular flexibility index (Phi) is 4.67. The number of ketones is 1. The fourth-order valence-electron chi connectivity index (χ4n) is 1.52. The fraction of sp³-hybridized carbons (Fsp3) is 0.333. The van der Waals surface area contributed by atoms with Crippen molar-refractivity contribution in [3.05, 3.63) is 23.3 Å². The molecule has 0 aromatic heterocycles. The summed E-state index contributed by atoms with van der Waals surface area (Å²) in [7, 11) is 4.31. The molecule has 1 N–H and O–H groups in total. The maximum atomic E-state index is 11.6. The maximum Gasteiger partial charge on any atom is 0.377 e. The van der Waals surface area contributed by atoms with Crippen LogP contribution in [-0.4, -0.2) is 38.2 Å². The minimum absolute atomic E-state index is 0.0296. The van der Waals surface area contributed by atoms with Crippen molar-refractivity contribution in [1.29, 1.82) is 0 Å². The van der Waals surface area contributed by atoms with E-state index in [1.807, 2.05) is 0 Å². The van der Waals surface area contributed by atoms with Gasteiger partial charge >= 0.3 is 5.97 Å². The number of carbonyl (C=O) groups is 2. The molecule has 1 aromatic carbocycles. The minimum atomic E-state index is -1.53. The lowest BCUT2D eigenvalue weighted by atomic mass is 10.0. The number of benzene rings is 1. The molecule has 1 aromatic rings. The number of carboxylic acids is 1. The van der Waals surface area contributed by atoms with E-state index in [1.165, 1.54) is 33.5 Å². The molecule has 0 spiro atoms. The zero-order chi connectivity index (χ0) is 13.7. The highest BCUT2D eigenvalue weighted by atomic mass is 16.5. The van der Waals surface area contributed by atoms with E-state index in [-0.39, 0.29) is 12.2 Å². The number of Topliss-reactive ketones (excluding diaryl/α,β-unsaturated/α-hetero) is 1. The molecule has 0 atom stereocenters. The number of carbonyl (C=O) groups excluding carboxylic acids is 1. The van der Waals surface area contributed by atoms with Crippen LogP contribution < -0.4 is 9.47 Å². The highest BCUT2D eigenvalue weighted by Crippen LogP contribution is 2.31. The Morgan fingerprint density at radius 3 is 2.11 bits per heavy atom. The molecular weight excluding hydrogens is 240 g/mol. The van der Waals surface area contributed by atoms with Gasteiger partial charge in [0.15, 0.2) is 11.5 Å². The maximum absolute atomic E-state index is 11.6. The van der Waals surface area contributed by atoms with Crippen molar-refractivity contribution in [3.8, 4) is 11.5 Å². The van der Waals surface area contributed by atoms with E-state index in [2.05, 4.69) is 0 Å².